The molecule has 0 amide bonds. The van der Waals surface area contributed by atoms with Crippen LogP contribution in [0, 0.1) is 6.92 Å². The van der Waals surface area contributed by atoms with E-state index in [4.69, 9.17) is 9.47 Å². The maximum Gasteiger partial charge on any atom is 0.150 e. The van der Waals surface area contributed by atoms with Gasteiger partial charge in [-0.05, 0) is 48.4 Å². The topological polar surface area (TPSA) is 35.5 Å². The van der Waals surface area contributed by atoms with Gasteiger partial charge in [-0.2, -0.15) is 0 Å². The molecule has 0 aliphatic heterocycles. The van der Waals surface area contributed by atoms with Crippen LogP contribution in [0.2, 0.25) is 0 Å². The van der Waals surface area contributed by atoms with Gasteiger partial charge in [0.2, 0.25) is 0 Å². The molecule has 2 aromatic rings. The van der Waals surface area contributed by atoms with E-state index < -0.39 is 0 Å². The molecule has 0 heterocycles. The van der Waals surface area contributed by atoms with Gasteiger partial charge >= 0.3 is 0 Å². The van der Waals surface area contributed by atoms with Crippen LogP contribution in [-0.4, -0.2) is 20.5 Å². The van der Waals surface area contributed by atoms with Gasteiger partial charge in [-0.15, -0.1) is 0 Å². The van der Waals surface area contributed by atoms with Crippen LogP contribution < -0.4 is 9.47 Å². The Labute approximate surface area is 112 Å². The van der Waals surface area contributed by atoms with Crippen LogP contribution >= 0.6 is 0 Å². The number of hydrogen-bond donors (Lipinski definition) is 0. The highest BCUT2D eigenvalue weighted by atomic mass is 16.5. The van der Waals surface area contributed by atoms with Crippen molar-refractivity contribution in [2.45, 2.75) is 6.92 Å². The van der Waals surface area contributed by atoms with Crippen molar-refractivity contribution in [3.05, 3.63) is 47.5 Å². The molecule has 19 heavy (non-hydrogen) atoms. The summed E-state index contributed by atoms with van der Waals surface area (Å²) in [7, 11) is 3.26. The first-order valence-corrected chi connectivity index (χ1v) is 5.98. The first-order chi connectivity index (χ1) is 9.19. The zero-order valence-corrected chi connectivity index (χ0v) is 11.3. The van der Waals surface area contributed by atoms with Crippen molar-refractivity contribution < 1.29 is 14.3 Å². The summed E-state index contributed by atoms with van der Waals surface area (Å²) in [4.78, 5) is 10.9. The number of aryl methyl sites for hydroxylation is 1. The van der Waals surface area contributed by atoms with Crippen LogP contribution in [0.4, 0.5) is 0 Å². The van der Waals surface area contributed by atoms with E-state index >= 15 is 0 Å². The molecule has 0 fully saturated rings. The summed E-state index contributed by atoms with van der Waals surface area (Å²) in [5.74, 6) is 1.56. The van der Waals surface area contributed by atoms with Crippen LogP contribution in [0.1, 0.15) is 15.9 Å². The molecule has 0 bridgehead atoms. The normalized spacial score (nSPS) is 10.1. The van der Waals surface area contributed by atoms with Crippen molar-refractivity contribution >= 4 is 6.29 Å². The molecule has 2 aromatic carbocycles. The molecule has 0 aliphatic rings. The minimum Gasteiger partial charge on any atom is -0.497 e. The monoisotopic (exact) mass is 256 g/mol. The van der Waals surface area contributed by atoms with Crippen molar-refractivity contribution in [3.63, 3.8) is 0 Å². The zero-order valence-electron chi connectivity index (χ0n) is 11.3. The average molecular weight is 256 g/mol. The van der Waals surface area contributed by atoms with Crippen LogP contribution in [-0.2, 0) is 0 Å². The standard InChI is InChI=1S/C16H16O3/c1-11-8-13(18-2)5-6-14(11)15-9-12(10-17)4-7-16(15)19-3/h4-10H,1-3H3. The van der Waals surface area contributed by atoms with Crippen LogP contribution in [0.25, 0.3) is 11.1 Å². The molecule has 0 N–H and O–H groups in total. The van der Waals surface area contributed by atoms with E-state index in [0.717, 1.165) is 34.5 Å². The Morgan fingerprint density at radius 2 is 1.74 bits per heavy atom. The number of rotatable bonds is 4. The Kier molecular flexibility index (Phi) is 3.85. The number of aldehydes is 1. The largest absolute Gasteiger partial charge is 0.497 e. The number of benzene rings is 2. The molecule has 98 valence electrons. The molecule has 0 radical (unpaired) electrons. The molecule has 2 rings (SSSR count). The highest BCUT2D eigenvalue weighted by Gasteiger charge is 2.10. The summed E-state index contributed by atoms with van der Waals surface area (Å²) in [6.07, 6.45) is 0.835. The summed E-state index contributed by atoms with van der Waals surface area (Å²) in [5, 5.41) is 0. The molecule has 3 nitrogen and oxygen atoms in total. The van der Waals surface area contributed by atoms with Gasteiger partial charge in [0.05, 0.1) is 14.2 Å². The summed E-state index contributed by atoms with van der Waals surface area (Å²) < 4.78 is 10.6. The van der Waals surface area contributed by atoms with Crippen LogP contribution in [0.3, 0.4) is 0 Å². The van der Waals surface area contributed by atoms with Gasteiger partial charge in [0.25, 0.3) is 0 Å². The Hall–Kier alpha value is -2.29. The molecule has 0 saturated heterocycles. The van der Waals surface area contributed by atoms with Crippen molar-refractivity contribution in [2.75, 3.05) is 14.2 Å². The fourth-order valence-corrected chi connectivity index (χ4v) is 2.07. The first-order valence-electron chi connectivity index (χ1n) is 5.98. The summed E-state index contributed by atoms with van der Waals surface area (Å²) >= 11 is 0. The van der Waals surface area contributed by atoms with Gasteiger partial charge in [0.15, 0.2) is 0 Å². The molecule has 3 heteroatoms. The second kappa shape index (κ2) is 5.57. The quantitative estimate of drug-likeness (QED) is 0.785. The van der Waals surface area contributed by atoms with Gasteiger partial charge in [0.1, 0.15) is 17.8 Å². The number of carbonyl (C=O) groups excluding carboxylic acids is 1. The molecule has 0 spiro atoms. The molecular formula is C16H16O3. The van der Waals surface area contributed by atoms with Crippen molar-refractivity contribution in [1.82, 2.24) is 0 Å². The molecule has 0 unspecified atom stereocenters. The number of carbonyl (C=O) groups is 1. The van der Waals surface area contributed by atoms with Gasteiger partial charge in [-0.25, -0.2) is 0 Å². The SMILES string of the molecule is COc1ccc(-c2cc(C=O)ccc2OC)c(C)c1. The van der Waals surface area contributed by atoms with E-state index in [1.165, 1.54) is 0 Å². The molecule has 0 atom stereocenters. The van der Waals surface area contributed by atoms with E-state index in [0.29, 0.717) is 5.56 Å². The van der Waals surface area contributed by atoms with E-state index in [-0.39, 0.29) is 0 Å². The summed E-state index contributed by atoms with van der Waals surface area (Å²) in [6, 6.07) is 11.2. The van der Waals surface area contributed by atoms with Crippen molar-refractivity contribution in [2.24, 2.45) is 0 Å². The lowest BCUT2D eigenvalue weighted by atomic mass is 9.98. The van der Waals surface area contributed by atoms with Gasteiger partial charge in [0, 0.05) is 11.1 Å². The van der Waals surface area contributed by atoms with E-state index in [9.17, 15) is 4.79 Å². The smallest absolute Gasteiger partial charge is 0.150 e. The fraction of sp³-hybridized carbons (Fsp3) is 0.188. The minimum atomic E-state index is 0.631. The van der Waals surface area contributed by atoms with E-state index in [2.05, 4.69) is 0 Å². The predicted octanol–water partition coefficient (Wildman–Crippen LogP) is 3.49. The Morgan fingerprint density at radius 3 is 2.32 bits per heavy atom. The molecular weight excluding hydrogens is 240 g/mol. The molecule has 0 aliphatic carbocycles. The lowest BCUT2D eigenvalue weighted by molar-refractivity contribution is 0.112. The molecule has 0 aromatic heterocycles. The Balaban J connectivity index is 2.59. The van der Waals surface area contributed by atoms with Gasteiger partial charge < -0.3 is 9.47 Å². The highest BCUT2D eigenvalue weighted by Crippen LogP contribution is 2.34. The lowest BCUT2D eigenvalue weighted by Crippen LogP contribution is -1.93. The number of ether oxygens (including phenoxy) is 2. The fourth-order valence-electron chi connectivity index (χ4n) is 2.07. The number of hydrogen-bond acceptors (Lipinski definition) is 3. The van der Waals surface area contributed by atoms with Crippen LogP contribution in [0.5, 0.6) is 11.5 Å². The maximum absolute atomic E-state index is 10.9. The average Bonchev–Trinajstić information content (AvgIpc) is 2.46. The minimum absolute atomic E-state index is 0.631. The van der Waals surface area contributed by atoms with Crippen molar-refractivity contribution in [3.8, 4) is 22.6 Å². The first kappa shape index (κ1) is 13.1. The molecule has 0 saturated carbocycles. The second-order valence-electron chi connectivity index (χ2n) is 4.26. The second-order valence-corrected chi connectivity index (χ2v) is 4.26. The third kappa shape index (κ3) is 2.60. The summed E-state index contributed by atoms with van der Waals surface area (Å²) in [5.41, 5.74) is 3.64. The van der Waals surface area contributed by atoms with Crippen LogP contribution in [0.15, 0.2) is 36.4 Å². The number of methoxy groups -OCH3 is 2. The van der Waals surface area contributed by atoms with E-state index in [1.54, 1.807) is 20.3 Å². The summed E-state index contributed by atoms with van der Waals surface area (Å²) in [6.45, 7) is 2.00. The Bertz CT molecular complexity index is 603. The third-order valence-electron chi connectivity index (χ3n) is 3.08. The van der Waals surface area contributed by atoms with Gasteiger partial charge in [-0.1, -0.05) is 6.07 Å². The van der Waals surface area contributed by atoms with Gasteiger partial charge in [-0.3, -0.25) is 4.79 Å². The maximum atomic E-state index is 10.9. The predicted molar refractivity (Wildman–Crippen MR) is 75.1 cm³/mol. The lowest BCUT2D eigenvalue weighted by Gasteiger charge is -2.12. The highest BCUT2D eigenvalue weighted by molar-refractivity contribution is 5.82. The Morgan fingerprint density at radius 1 is 0.947 bits per heavy atom. The zero-order chi connectivity index (χ0) is 13.8. The van der Waals surface area contributed by atoms with E-state index in [1.807, 2.05) is 37.3 Å². The third-order valence-corrected chi connectivity index (χ3v) is 3.08. The van der Waals surface area contributed by atoms with Crippen molar-refractivity contribution in [1.29, 1.82) is 0 Å².